The molecule has 0 amide bonds. The summed E-state index contributed by atoms with van der Waals surface area (Å²) < 4.78 is 7.08. The van der Waals surface area contributed by atoms with E-state index in [1.165, 1.54) is 24.0 Å². The van der Waals surface area contributed by atoms with Crippen molar-refractivity contribution in [1.82, 2.24) is 0 Å². The number of ether oxygens (including phenoxy) is 1. The summed E-state index contributed by atoms with van der Waals surface area (Å²) in [5, 5.41) is 0. The van der Waals surface area contributed by atoms with Crippen molar-refractivity contribution in [2.75, 3.05) is 6.54 Å². The van der Waals surface area contributed by atoms with Gasteiger partial charge in [-0.2, -0.15) is 0 Å². The second-order valence-corrected chi connectivity index (χ2v) is 5.65. The summed E-state index contributed by atoms with van der Waals surface area (Å²) in [6.45, 7) is 2.89. The molecule has 1 aromatic rings. The molecule has 1 aromatic carbocycles. The zero-order valence-electron chi connectivity index (χ0n) is 10.3. The highest BCUT2D eigenvalue weighted by atomic mass is 79.9. The quantitative estimate of drug-likeness (QED) is 0.815. The molecule has 94 valence electrons. The third kappa shape index (κ3) is 3.71. The van der Waals surface area contributed by atoms with E-state index in [-0.39, 0.29) is 0 Å². The lowest BCUT2D eigenvalue weighted by Crippen LogP contribution is -2.03. The molecule has 1 saturated carbocycles. The Bertz CT molecular complexity index is 388. The van der Waals surface area contributed by atoms with Crippen molar-refractivity contribution in [3.05, 3.63) is 27.7 Å². The Morgan fingerprint density at radius 1 is 1.35 bits per heavy atom. The van der Waals surface area contributed by atoms with Crippen LogP contribution in [-0.4, -0.2) is 12.6 Å². The third-order valence-corrected chi connectivity index (χ3v) is 3.56. The van der Waals surface area contributed by atoms with Crippen molar-refractivity contribution in [3.8, 4) is 5.75 Å². The van der Waals surface area contributed by atoms with E-state index in [0.717, 1.165) is 36.0 Å². The minimum atomic E-state index is 0.447. The van der Waals surface area contributed by atoms with Gasteiger partial charge in [0.1, 0.15) is 5.75 Å². The Hall–Kier alpha value is -0.540. The summed E-state index contributed by atoms with van der Waals surface area (Å²) >= 11 is 3.61. The average molecular weight is 298 g/mol. The van der Waals surface area contributed by atoms with Crippen LogP contribution in [0.2, 0.25) is 0 Å². The first-order chi connectivity index (χ1) is 8.20. The normalized spacial score (nSPS) is 15.0. The van der Waals surface area contributed by atoms with E-state index >= 15 is 0 Å². The summed E-state index contributed by atoms with van der Waals surface area (Å²) in [7, 11) is 0. The number of benzene rings is 1. The maximum absolute atomic E-state index is 5.99. The lowest BCUT2D eigenvalue weighted by atomic mass is 10.0. The Morgan fingerprint density at radius 3 is 2.76 bits per heavy atom. The van der Waals surface area contributed by atoms with Crippen LogP contribution >= 0.6 is 15.9 Å². The number of unbranched alkanes of at least 4 members (excludes halogenated alkanes) is 1. The number of aryl methyl sites for hydroxylation is 2. The Morgan fingerprint density at radius 2 is 2.12 bits per heavy atom. The third-order valence-electron chi connectivity index (χ3n) is 2.97. The van der Waals surface area contributed by atoms with Crippen LogP contribution in [0.25, 0.3) is 0 Å². The van der Waals surface area contributed by atoms with E-state index in [2.05, 4.69) is 35.0 Å². The van der Waals surface area contributed by atoms with Crippen molar-refractivity contribution in [2.45, 2.75) is 45.1 Å². The predicted molar refractivity (Wildman–Crippen MR) is 74.5 cm³/mol. The van der Waals surface area contributed by atoms with Gasteiger partial charge in [-0.3, -0.25) is 0 Å². The maximum Gasteiger partial charge on any atom is 0.137 e. The molecule has 0 radical (unpaired) electrons. The van der Waals surface area contributed by atoms with Gasteiger partial charge >= 0.3 is 0 Å². The van der Waals surface area contributed by atoms with Crippen LogP contribution in [0.3, 0.4) is 0 Å². The number of halogens is 1. The molecule has 0 heterocycles. The number of hydrogen-bond donors (Lipinski definition) is 1. The van der Waals surface area contributed by atoms with Crippen LogP contribution < -0.4 is 10.5 Å². The fraction of sp³-hybridized carbons (Fsp3) is 0.571. The Balaban J connectivity index is 2.13. The largest absolute Gasteiger partial charge is 0.489 e. The van der Waals surface area contributed by atoms with E-state index < -0.39 is 0 Å². The average Bonchev–Trinajstić information content (AvgIpc) is 3.07. The fourth-order valence-corrected chi connectivity index (χ4v) is 2.64. The minimum Gasteiger partial charge on any atom is -0.489 e. The molecular weight excluding hydrogens is 278 g/mol. The van der Waals surface area contributed by atoms with Crippen LogP contribution in [0, 0.1) is 6.92 Å². The Kier molecular flexibility index (Phi) is 4.46. The predicted octanol–water partition coefficient (Wildman–Crippen LogP) is 3.58. The molecule has 0 saturated heterocycles. The molecule has 0 unspecified atom stereocenters. The van der Waals surface area contributed by atoms with Gasteiger partial charge < -0.3 is 10.5 Å². The topological polar surface area (TPSA) is 35.2 Å². The number of rotatable bonds is 6. The van der Waals surface area contributed by atoms with Gasteiger partial charge in [0.05, 0.1) is 10.6 Å². The van der Waals surface area contributed by atoms with Gasteiger partial charge in [-0.05, 0) is 78.7 Å². The highest BCUT2D eigenvalue weighted by Crippen LogP contribution is 2.36. The van der Waals surface area contributed by atoms with E-state index in [9.17, 15) is 0 Å². The lowest BCUT2D eigenvalue weighted by Gasteiger charge is -2.14. The van der Waals surface area contributed by atoms with Crippen molar-refractivity contribution in [1.29, 1.82) is 0 Å². The van der Waals surface area contributed by atoms with Crippen LogP contribution in [0.15, 0.2) is 16.6 Å². The molecule has 17 heavy (non-hydrogen) atoms. The summed E-state index contributed by atoms with van der Waals surface area (Å²) in [5.41, 5.74) is 8.14. The second kappa shape index (κ2) is 5.87. The highest BCUT2D eigenvalue weighted by molar-refractivity contribution is 9.10. The highest BCUT2D eigenvalue weighted by Gasteiger charge is 2.25. The van der Waals surface area contributed by atoms with E-state index in [4.69, 9.17) is 10.5 Å². The molecule has 0 bridgehead atoms. The molecule has 2 N–H and O–H groups in total. The first-order valence-electron chi connectivity index (χ1n) is 6.36. The zero-order chi connectivity index (χ0) is 12.3. The molecule has 0 aromatic heterocycles. The second-order valence-electron chi connectivity index (χ2n) is 4.80. The molecular formula is C14H20BrNO. The molecule has 3 heteroatoms. The van der Waals surface area contributed by atoms with Gasteiger partial charge in [-0.25, -0.2) is 0 Å². The molecule has 1 aliphatic carbocycles. The van der Waals surface area contributed by atoms with Crippen molar-refractivity contribution in [2.24, 2.45) is 5.73 Å². The molecule has 0 aliphatic heterocycles. The van der Waals surface area contributed by atoms with Gasteiger partial charge in [0.15, 0.2) is 0 Å². The minimum absolute atomic E-state index is 0.447. The van der Waals surface area contributed by atoms with Gasteiger partial charge in [0, 0.05) is 0 Å². The van der Waals surface area contributed by atoms with Gasteiger partial charge in [0.25, 0.3) is 0 Å². The maximum atomic E-state index is 5.99. The van der Waals surface area contributed by atoms with Crippen molar-refractivity contribution < 1.29 is 4.74 Å². The molecule has 0 spiro atoms. The van der Waals surface area contributed by atoms with Crippen LogP contribution in [0.5, 0.6) is 5.75 Å². The number of nitrogens with two attached hydrogens (primary N) is 1. The SMILES string of the molecule is Cc1cc(Br)c(OC2CC2)c(CCCCN)c1. The van der Waals surface area contributed by atoms with E-state index in [0.29, 0.717) is 6.10 Å². The van der Waals surface area contributed by atoms with Gasteiger partial charge in [-0.15, -0.1) is 0 Å². The monoisotopic (exact) mass is 297 g/mol. The number of hydrogen-bond acceptors (Lipinski definition) is 2. The van der Waals surface area contributed by atoms with Crippen molar-refractivity contribution in [3.63, 3.8) is 0 Å². The lowest BCUT2D eigenvalue weighted by molar-refractivity contribution is 0.297. The smallest absolute Gasteiger partial charge is 0.137 e. The van der Waals surface area contributed by atoms with E-state index in [1.54, 1.807) is 0 Å². The molecule has 1 aliphatic rings. The standard InChI is InChI=1S/C14H20BrNO/c1-10-8-11(4-2-3-7-16)14(13(15)9-10)17-12-5-6-12/h8-9,12H,2-7,16H2,1H3. The summed E-state index contributed by atoms with van der Waals surface area (Å²) in [4.78, 5) is 0. The molecule has 2 nitrogen and oxygen atoms in total. The first kappa shape index (κ1) is 12.9. The molecule has 2 rings (SSSR count). The van der Waals surface area contributed by atoms with E-state index in [1.807, 2.05) is 0 Å². The summed E-state index contributed by atoms with van der Waals surface area (Å²) in [5.74, 6) is 1.05. The summed E-state index contributed by atoms with van der Waals surface area (Å²) in [6, 6.07) is 4.36. The van der Waals surface area contributed by atoms with Gasteiger partial charge in [0.2, 0.25) is 0 Å². The molecule has 1 fully saturated rings. The fourth-order valence-electron chi connectivity index (χ4n) is 1.93. The van der Waals surface area contributed by atoms with Crippen LogP contribution in [0.4, 0.5) is 0 Å². The Labute approximate surface area is 112 Å². The molecule has 0 atom stereocenters. The first-order valence-corrected chi connectivity index (χ1v) is 7.15. The van der Waals surface area contributed by atoms with Crippen LogP contribution in [-0.2, 0) is 6.42 Å². The van der Waals surface area contributed by atoms with Crippen LogP contribution in [0.1, 0.15) is 36.8 Å². The van der Waals surface area contributed by atoms with Crippen molar-refractivity contribution >= 4 is 15.9 Å². The van der Waals surface area contributed by atoms with Gasteiger partial charge in [-0.1, -0.05) is 6.07 Å². The summed E-state index contributed by atoms with van der Waals surface area (Å²) in [6.07, 6.45) is 6.11. The zero-order valence-corrected chi connectivity index (χ0v) is 11.9.